The average Bonchev–Trinajstić information content (AvgIpc) is 3.40. The van der Waals surface area contributed by atoms with Gasteiger partial charge in [0.2, 0.25) is 0 Å². The normalized spacial score (nSPS) is 21.2. The first-order chi connectivity index (χ1) is 14.9. The maximum Gasteiger partial charge on any atom is 0.189 e. The number of aromatic nitrogens is 1. The lowest BCUT2D eigenvalue weighted by atomic mass is 9.86. The van der Waals surface area contributed by atoms with Crippen LogP contribution in [0.25, 0.3) is 11.1 Å². The Morgan fingerprint density at radius 1 is 1.35 bits per heavy atom. The van der Waals surface area contributed by atoms with E-state index in [1.165, 1.54) is 12.3 Å². The van der Waals surface area contributed by atoms with E-state index in [-0.39, 0.29) is 11.7 Å². The maximum atomic E-state index is 13.4. The molecule has 1 fully saturated rings. The molecule has 1 aliphatic rings. The smallest absolute Gasteiger partial charge is 0.189 e. The second kappa shape index (κ2) is 8.36. The van der Waals surface area contributed by atoms with Gasteiger partial charge in [-0.25, -0.2) is 9.37 Å². The molecule has 0 aliphatic carbocycles. The van der Waals surface area contributed by atoms with Crippen molar-refractivity contribution in [3.8, 4) is 17.2 Å². The summed E-state index contributed by atoms with van der Waals surface area (Å²) in [6.45, 7) is 3.51. The SMILES string of the molecule is CN=C(N)NC1(c2cc(-c3cccc(C#N)c3)cs2)CN(c2ccc(F)cn2)CC1C. The van der Waals surface area contributed by atoms with Gasteiger partial charge in [-0.1, -0.05) is 19.1 Å². The Labute approximate surface area is 184 Å². The van der Waals surface area contributed by atoms with Crippen molar-refractivity contribution in [2.75, 3.05) is 25.0 Å². The molecule has 3 heterocycles. The molecule has 31 heavy (non-hydrogen) atoms. The predicted octanol–water partition coefficient (Wildman–Crippen LogP) is 3.71. The van der Waals surface area contributed by atoms with Crippen LogP contribution in [-0.4, -0.2) is 31.1 Å². The molecule has 2 unspecified atom stereocenters. The van der Waals surface area contributed by atoms with Gasteiger partial charge in [0.15, 0.2) is 5.96 Å². The highest BCUT2D eigenvalue weighted by Crippen LogP contribution is 2.42. The molecule has 1 aliphatic heterocycles. The number of pyridine rings is 1. The number of nitrogens with one attached hydrogen (secondary N) is 1. The van der Waals surface area contributed by atoms with E-state index in [9.17, 15) is 9.65 Å². The largest absolute Gasteiger partial charge is 0.370 e. The molecule has 0 spiro atoms. The van der Waals surface area contributed by atoms with Crippen molar-refractivity contribution in [2.24, 2.45) is 16.6 Å². The zero-order valence-electron chi connectivity index (χ0n) is 17.3. The monoisotopic (exact) mass is 434 g/mol. The molecule has 0 saturated carbocycles. The fraction of sp³-hybridized carbons (Fsp3) is 0.261. The number of hydrogen-bond acceptors (Lipinski definition) is 5. The first kappa shape index (κ1) is 20.8. The Kier molecular flexibility index (Phi) is 5.61. The van der Waals surface area contributed by atoms with Crippen molar-refractivity contribution in [1.29, 1.82) is 5.26 Å². The van der Waals surface area contributed by atoms with Crippen LogP contribution in [0.1, 0.15) is 17.4 Å². The summed E-state index contributed by atoms with van der Waals surface area (Å²) in [4.78, 5) is 11.6. The minimum Gasteiger partial charge on any atom is -0.370 e. The molecule has 0 radical (unpaired) electrons. The first-order valence-electron chi connectivity index (χ1n) is 9.91. The van der Waals surface area contributed by atoms with E-state index in [4.69, 9.17) is 5.73 Å². The Bertz CT molecular complexity index is 1150. The van der Waals surface area contributed by atoms with Gasteiger partial charge in [-0.15, -0.1) is 11.3 Å². The highest BCUT2D eigenvalue weighted by atomic mass is 32.1. The summed E-state index contributed by atoms with van der Waals surface area (Å²) in [5.74, 6) is 0.909. The van der Waals surface area contributed by atoms with Crippen molar-refractivity contribution in [2.45, 2.75) is 12.5 Å². The number of anilines is 1. The number of rotatable bonds is 4. The van der Waals surface area contributed by atoms with Gasteiger partial charge in [-0.2, -0.15) is 5.26 Å². The van der Waals surface area contributed by atoms with E-state index in [0.717, 1.165) is 28.4 Å². The van der Waals surface area contributed by atoms with E-state index >= 15 is 0 Å². The third-order valence-corrected chi connectivity index (χ3v) is 6.88. The van der Waals surface area contributed by atoms with Crippen LogP contribution in [0.2, 0.25) is 0 Å². The minimum absolute atomic E-state index is 0.177. The maximum absolute atomic E-state index is 13.4. The summed E-state index contributed by atoms with van der Waals surface area (Å²) in [5, 5.41) is 14.8. The van der Waals surface area contributed by atoms with Crippen molar-refractivity contribution in [3.05, 3.63) is 70.3 Å². The van der Waals surface area contributed by atoms with Crippen LogP contribution in [0.3, 0.4) is 0 Å². The van der Waals surface area contributed by atoms with Gasteiger partial charge in [0.1, 0.15) is 11.6 Å². The molecular weight excluding hydrogens is 411 g/mol. The Morgan fingerprint density at radius 2 is 2.19 bits per heavy atom. The zero-order valence-corrected chi connectivity index (χ0v) is 18.2. The van der Waals surface area contributed by atoms with Gasteiger partial charge in [0.05, 0.1) is 23.4 Å². The van der Waals surface area contributed by atoms with E-state index in [2.05, 4.69) is 44.6 Å². The minimum atomic E-state index is -0.477. The third-order valence-electron chi connectivity index (χ3n) is 5.77. The molecule has 2 atom stereocenters. The van der Waals surface area contributed by atoms with E-state index < -0.39 is 5.54 Å². The van der Waals surface area contributed by atoms with Crippen LogP contribution >= 0.6 is 11.3 Å². The molecular formula is C23H23FN6S. The summed E-state index contributed by atoms with van der Waals surface area (Å²) in [6, 6.07) is 15.0. The molecule has 8 heteroatoms. The number of nitrogens with zero attached hydrogens (tertiary/aromatic N) is 4. The third kappa shape index (κ3) is 3.97. The van der Waals surface area contributed by atoms with Gasteiger partial charge in [0.25, 0.3) is 0 Å². The fourth-order valence-corrected chi connectivity index (χ4v) is 5.24. The summed E-state index contributed by atoms with van der Waals surface area (Å²) < 4.78 is 13.4. The topological polar surface area (TPSA) is 90.3 Å². The molecule has 1 aromatic carbocycles. The Balaban J connectivity index is 1.72. The number of benzene rings is 1. The fourth-order valence-electron chi connectivity index (χ4n) is 4.06. The quantitative estimate of drug-likeness (QED) is 0.483. The van der Waals surface area contributed by atoms with Crippen LogP contribution in [0.5, 0.6) is 0 Å². The lowest BCUT2D eigenvalue weighted by molar-refractivity contribution is 0.343. The van der Waals surface area contributed by atoms with Crippen LogP contribution in [0, 0.1) is 23.1 Å². The highest BCUT2D eigenvalue weighted by molar-refractivity contribution is 7.10. The standard InChI is InChI=1S/C23H23FN6S/c1-15-12-30(21-7-6-19(24)11-28-21)14-23(15,29-22(26)27-2)20-9-18(13-31-20)17-5-3-4-16(8-17)10-25/h3-9,11,13,15H,12,14H2,1-2H3,(H3,26,27,29). The number of nitrogens with two attached hydrogens (primary N) is 1. The average molecular weight is 435 g/mol. The van der Waals surface area contributed by atoms with Gasteiger partial charge >= 0.3 is 0 Å². The van der Waals surface area contributed by atoms with Crippen LogP contribution in [0.4, 0.5) is 10.2 Å². The molecule has 4 rings (SSSR count). The lowest BCUT2D eigenvalue weighted by Gasteiger charge is -2.34. The number of halogens is 1. The van der Waals surface area contributed by atoms with Crippen molar-refractivity contribution in [3.63, 3.8) is 0 Å². The summed E-state index contributed by atoms with van der Waals surface area (Å²) in [7, 11) is 1.65. The highest BCUT2D eigenvalue weighted by Gasteiger charge is 2.47. The number of aliphatic imine (C=N–C) groups is 1. The van der Waals surface area contributed by atoms with Gasteiger partial charge < -0.3 is 16.0 Å². The van der Waals surface area contributed by atoms with Crippen molar-refractivity contribution in [1.82, 2.24) is 10.3 Å². The van der Waals surface area contributed by atoms with Gasteiger partial charge in [0, 0.05) is 30.9 Å². The lowest BCUT2D eigenvalue weighted by Crippen LogP contribution is -2.53. The van der Waals surface area contributed by atoms with Crippen LogP contribution < -0.4 is 16.0 Å². The summed E-state index contributed by atoms with van der Waals surface area (Å²) in [6.07, 6.45) is 1.24. The Hall–Kier alpha value is -3.44. The van der Waals surface area contributed by atoms with E-state index in [1.807, 2.05) is 18.2 Å². The molecule has 6 nitrogen and oxygen atoms in total. The molecule has 3 N–H and O–H groups in total. The van der Waals surface area contributed by atoms with Crippen LogP contribution in [0.15, 0.2) is 59.0 Å². The summed E-state index contributed by atoms with van der Waals surface area (Å²) >= 11 is 1.65. The molecule has 0 bridgehead atoms. The molecule has 3 aromatic rings. The van der Waals surface area contributed by atoms with Gasteiger partial charge in [-0.3, -0.25) is 4.99 Å². The van der Waals surface area contributed by atoms with Crippen LogP contribution in [-0.2, 0) is 5.54 Å². The number of hydrogen-bond donors (Lipinski definition) is 2. The number of guanidine groups is 1. The van der Waals surface area contributed by atoms with Gasteiger partial charge in [-0.05, 0) is 46.8 Å². The van der Waals surface area contributed by atoms with Crippen molar-refractivity contribution >= 4 is 23.1 Å². The second-order valence-corrected chi connectivity index (χ2v) is 8.62. The Morgan fingerprint density at radius 3 is 2.90 bits per heavy atom. The van der Waals surface area contributed by atoms with Crippen molar-refractivity contribution < 1.29 is 4.39 Å². The number of thiophene rings is 1. The van der Waals surface area contributed by atoms with E-state index in [0.29, 0.717) is 18.1 Å². The predicted molar refractivity (Wildman–Crippen MR) is 122 cm³/mol. The second-order valence-electron chi connectivity index (χ2n) is 7.71. The van der Waals surface area contributed by atoms with E-state index in [1.54, 1.807) is 30.5 Å². The molecule has 1 saturated heterocycles. The molecule has 158 valence electrons. The number of nitriles is 1. The zero-order chi connectivity index (χ0) is 22.0. The molecule has 2 aromatic heterocycles. The molecule has 0 amide bonds. The summed E-state index contributed by atoms with van der Waals surface area (Å²) in [5.41, 5.74) is 8.32. The first-order valence-corrected chi connectivity index (χ1v) is 10.8.